The van der Waals surface area contributed by atoms with E-state index in [1.165, 1.54) is 29.7 Å². The third kappa shape index (κ3) is 2.88. The summed E-state index contributed by atoms with van der Waals surface area (Å²) in [6, 6.07) is 12.8. The number of benzene rings is 3. The molecule has 2 N–H and O–H groups in total. The number of aromatic hydroxyl groups is 1. The molecule has 0 bridgehead atoms. The highest BCUT2D eigenvalue weighted by atomic mass is 32.2. The Labute approximate surface area is 189 Å². The van der Waals surface area contributed by atoms with Crippen molar-refractivity contribution in [3.8, 4) is 22.6 Å². The topological polar surface area (TPSA) is 114 Å². The van der Waals surface area contributed by atoms with Crippen LogP contribution in [0.5, 0.6) is 5.75 Å². The van der Waals surface area contributed by atoms with Gasteiger partial charge in [0.1, 0.15) is 10.6 Å². The summed E-state index contributed by atoms with van der Waals surface area (Å²) in [6.45, 7) is 4.84. The molecule has 1 aliphatic carbocycles. The van der Waals surface area contributed by atoms with Gasteiger partial charge in [-0.25, -0.2) is 0 Å². The van der Waals surface area contributed by atoms with Gasteiger partial charge in [0, 0.05) is 17.0 Å². The van der Waals surface area contributed by atoms with Crippen molar-refractivity contribution in [1.29, 1.82) is 0 Å². The van der Waals surface area contributed by atoms with Crippen LogP contribution in [-0.4, -0.2) is 28.4 Å². The maximum atomic E-state index is 13.5. The summed E-state index contributed by atoms with van der Waals surface area (Å²) >= 11 is 0. The van der Waals surface area contributed by atoms with Crippen LogP contribution in [0.15, 0.2) is 58.2 Å². The Hall–Kier alpha value is -3.75. The molecule has 0 radical (unpaired) electrons. The van der Waals surface area contributed by atoms with Gasteiger partial charge in [-0.05, 0) is 60.7 Å². The highest BCUT2D eigenvalue weighted by Crippen LogP contribution is 2.42. The molecule has 0 aliphatic heterocycles. The lowest BCUT2D eigenvalue weighted by Crippen LogP contribution is -2.23. The molecule has 3 aromatic carbocycles. The molecule has 8 heteroatoms. The standard InChI is InChI=1S/C25H19NO6S/c1-12-10-13(2)25(33(30,31)32)14(3)23(12)26-18-8-9-19(27)22-21(18)17(11-20(26)28)15-6-4-5-7-16(15)24(22)29/h4-11,27H,1-3H3,(H,30,31,32). The van der Waals surface area contributed by atoms with E-state index in [4.69, 9.17) is 0 Å². The van der Waals surface area contributed by atoms with E-state index in [9.17, 15) is 27.7 Å². The van der Waals surface area contributed by atoms with Crippen LogP contribution in [0.2, 0.25) is 0 Å². The minimum Gasteiger partial charge on any atom is -0.507 e. The number of aromatic nitrogens is 1. The quantitative estimate of drug-likeness (QED) is 0.383. The number of nitrogens with zero attached hydrogens (tertiary/aromatic N) is 1. The van der Waals surface area contributed by atoms with Gasteiger partial charge in [-0.15, -0.1) is 0 Å². The van der Waals surface area contributed by atoms with E-state index in [-0.39, 0.29) is 27.6 Å². The van der Waals surface area contributed by atoms with Crippen LogP contribution in [0.25, 0.3) is 27.7 Å². The van der Waals surface area contributed by atoms with E-state index >= 15 is 0 Å². The monoisotopic (exact) mass is 461 g/mol. The number of hydrogen-bond donors (Lipinski definition) is 2. The van der Waals surface area contributed by atoms with Gasteiger partial charge < -0.3 is 5.11 Å². The molecule has 33 heavy (non-hydrogen) atoms. The van der Waals surface area contributed by atoms with Crippen LogP contribution < -0.4 is 5.56 Å². The van der Waals surface area contributed by atoms with E-state index in [0.717, 1.165) is 0 Å². The Bertz CT molecular complexity index is 1710. The molecule has 0 amide bonds. The fourth-order valence-electron chi connectivity index (χ4n) is 5.04. The molecule has 5 rings (SSSR count). The van der Waals surface area contributed by atoms with E-state index < -0.39 is 15.7 Å². The molecule has 0 saturated carbocycles. The summed E-state index contributed by atoms with van der Waals surface area (Å²) in [6.07, 6.45) is 0. The maximum Gasteiger partial charge on any atom is 0.295 e. The molecule has 1 aliphatic rings. The van der Waals surface area contributed by atoms with Crippen molar-refractivity contribution in [2.24, 2.45) is 0 Å². The van der Waals surface area contributed by atoms with Gasteiger partial charge in [-0.3, -0.25) is 18.7 Å². The van der Waals surface area contributed by atoms with Gasteiger partial charge in [0.15, 0.2) is 5.78 Å². The molecule has 4 aromatic rings. The summed E-state index contributed by atoms with van der Waals surface area (Å²) < 4.78 is 35.3. The molecule has 7 nitrogen and oxygen atoms in total. The second kappa shape index (κ2) is 6.87. The van der Waals surface area contributed by atoms with Crippen LogP contribution in [0.1, 0.15) is 32.6 Å². The lowest BCUT2D eigenvalue weighted by molar-refractivity contribution is 0.103. The van der Waals surface area contributed by atoms with Gasteiger partial charge in [0.05, 0.1) is 16.8 Å². The summed E-state index contributed by atoms with van der Waals surface area (Å²) in [5.41, 5.74) is 2.99. The van der Waals surface area contributed by atoms with E-state index in [0.29, 0.717) is 44.4 Å². The zero-order chi connectivity index (χ0) is 23.8. The van der Waals surface area contributed by atoms with E-state index in [1.54, 1.807) is 44.2 Å². The Morgan fingerprint density at radius 2 is 1.52 bits per heavy atom. The molecule has 0 spiro atoms. The molecule has 166 valence electrons. The van der Waals surface area contributed by atoms with Crippen LogP contribution in [0.4, 0.5) is 0 Å². The zero-order valence-electron chi connectivity index (χ0n) is 18.0. The second-order valence-electron chi connectivity index (χ2n) is 8.25. The van der Waals surface area contributed by atoms with Crippen molar-refractivity contribution in [1.82, 2.24) is 4.57 Å². The number of hydrogen-bond acceptors (Lipinski definition) is 5. The minimum absolute atomic E-state index is 0.0902. The fourth-order valence-corrected chi connectivity index (χ4v) is 5.99. The van der Waals surface area contributed by atoms with Crippen molar-refractivity contribution in [3.05, 3.63) is 86.7 Å². The Balaban J connectivity index is 2.01. The van der Waals surface area contributed by atoms with Crippen molar-refractivity contribution in [3.63, 3.8) is 0 Å². The predicted molar refractivity (Wildman–Crippen MR) is 124 cm³/mol. The SMILES string of the molecule is Cc1cc(C)c(S(=O)(=O)O)c(C)c1-n1c(=O)cc2c3c(c(O)ccc31)C(=O)c1ccccc1-2. The normalized spacial score (nSPS) is 12.8. The minimum atomic E-state index is -4.55. The van der Waals surface area contributed by atoms with Crippen LogP contribution in [-0.2, 0) is 10.1 Å². The molecule has 1 heterocycles. The lowest BCUT2D eigenvalue weighted by atomic mass is 9.83. The van der Waals surface area contributed by atoms with Crippen LogP contribution >= 0.6 is 0 Å². The first-order valence-corrected chi connectivity index (χ1v) is 11.6. The lowest BCUT2D eigenvalue weighted by Gasteiger charge is -2.24. The molecule has 0 fully saturated rings. The summed E-state index contributed by atoms with van der Waals surface area (Å²) in [5, 5.41) is 11.0. The Kier molecular flexibility index (Phi) is 4.40. The van der Waals surface area contributed by atoms with E-state index in [2.05, 4.69) is 0 Å². The number of rotatable bonds is 2. The number of aryl methyl sites for hydroxylation is 2. The zero-order valence-corrected chi connectivity index (χ0v) is 18.8. The van der Waals surface area contributed by atoms with Gasteiger partial charge in [-0.1, -0.05) is 30.3 Å². The third-order valence-electron chi connectivity index (χ3n) is 6.19. The fraction of sp³-hybridized carbons (Fsp3) is 0.120. The van der Waals surface area contributed by atoms with Crippen molar-refractivity contribution >= 4 is 26.8 Å². The number of ketones is 1. The smallest absolute Gasteiger partial charge is 0.295 e. The number of carbonyl (C=O) groups is 1. The molecule has 1 aromatic heterocycles. The van der Waals surface area contributed by atoms with Gasteiger partial charge in [0.25, 0.3) is 15.7 Å². The number of phenols is 1. The van der Waals surface area contributed by atoms with Crippen molar-refractivity contribution < 1.29 is 22.9 Å². The van der Waals surface area contributed by atoms with Crippen molar-refractivity contribution in [2.75, 3.05) is 0 Å². The first-order chi connectivity index (χ1) is 15.5. The summed E-state index contributed by atoms with van der Waals surface area (Å²) in [4.78, 5) is 26.5. The van der Waals surface area contributed by atoms with Gasteiger partial charge in [-0.2, -0.15) is 8.42 Å². The largest absolute Gasteiger partial charge is 0.507 e. The van der Waals surface area contributed by atoms with E-state index in [1.807, 2.05) is 0 Å². The maximum absolute atomic E-state index is 13.5. The summed E-state index contributed by atoms with van der Waals surface area (Å²) in [7, 11) is -4.55. The number of pyridine rings is 1. The molecular weight excluding hydrogens is 442 g/mol. The molecule has 0 unspecified atom stereocenters. The first-order valence-electron chi connectivity index (χ1n) is 10.2. The molecular formula is C25H19NO6S. The van der Waals surface area contributed by atoms with Gasteiger partial charge >= 0.3 is 0 Å². The summed E-state index contributed by atoms with van der Waals surface area (Å²) in [5.74, 6) is -0.563. The number of carbonyl (C=O) groups excluding carboxylic acids is 1. The van der Waals surface area contributed by atoms with Crippen molar-refractivity contribution in [2.45, 2.75) is 25.7 Å². The van der Waals surface area contributed by atoms with Gasteiger partial charge in [0.2, 0.25) is 0 Å². The predicted octanol–water partition coefficient (Wildman–Crippen LogP) is 4.08. The van der Waals surface area contributed by atoms with Crippen LogP contribution in [0.3, 0.4) is 0 Å². The van der Waals surface area contributed by atoms with Crippen LogP contribution in [0, 0.1) is 20.8 Å². The highest BCUT2D eigenvalue weighted by Gasteiger charge is 2.30. The molecule has 0 atom stereocenters. The first kappa shape index (κ1) is 21.1. The molecule has 0 saturated heterocycles. The Morgan fingerprint density at radius 1 is 0.848 bits per heavy atom. The highest BCUT2D eigenvalue weighted by molar-refractivity contribution is 7.86. The number of fused-ring (bicyclic) bond motifs is 2. The number of phenolic OH excluding ortho intramolecular Hbond substituents is 1. The average molecular weight is 461 g/mol. The average Bonchev–Trinajstić information content (AvgIpc) is 2.72. The second-order valence-corrected chi connectivity index (χ2v) is 9.61. The third-order valence-corrected chi connectivity index (χ3v) is 7.33. The Morgan fingerprint density at radius 3 is 2.18 bits per heavy atom.